The molecule has 0 N–H and O–H groups in total. The number of Topliss-reactive ketones (excluding diaryl/α,β-unsaturated/α-hetero) is 1. The summed E-state index contributed by atoms with van der Waals surface area (Å²) in [4.78, 5) is 23.2. The summed E-state index contributed by atoms with van der Waals surface area (Å²) in [7, 11) is -2.63. The van der Waals surface area contributed by atoms with Crippen molar-refractivity contribution < 1.29 is 27.6 Å². The highest BCUT2D eigenvalue weighted by molar-refractivity contribution is 6.60. The molecule has 0 saturated heterocycles. The zero-order valence-corrected chi connectivity index (χ0v) is 17.2. The van der Waals surface area contributed by atoms with E-state index in [-0.39, 0.29) is 11.8 Å². The number of hydrogen-bond donors (Lipinski definition) is 0. The molecule has 0 aliphatic heterocycles. The van der Waals surface area contributed by atoms with Crippen LogP contribution < -0.4 is 4.74 Å². The van der Waals surface area contributed by atoms with Crippen LogP contribution in [-0.2, 0) is 18.1 Å². The Balaban J connectivity index is 2.49. The van der Waals surface area contributed by atoms with E-state index in [1.165, 1.54) is 6.92 Å². The Kier molecular flexibility index (Phi) is 10.3. The molecule has 0 heterocycles. The van der Waals surface area contributed by atoms with Crippen LogP contribution in [0.1, 0.15) is 57.3 Å². The molecule has 1 rings (SSSR count). The second-order valence-corrected chi connectivity index (χ2v) is 8.46. The van der Waals surface area contributed by atoms with Gasteiger partial charge in [-0.05, 0) is 57.9 Å². The molecule has 0 unspecified atom stereocenters. The van der Waals surface area contributed by atoms with E-state index >= 15 is 0 Å². The second kappa shape index (κ2) is 12.0. The van der Waals surface area contributed by atoms with Gasteiger partial charge in [0.1, 0.15) is 5.75 Å². The summed E-state index contributed by atoms with van der Waals surface area (Å²) in [5, 5.41) is 0. The fourth-order valence-electron chi connectivity index (χ4n) is 2.65. The van der Waals surface area contributed by atoms with Crippen LogP contribution in [0.3, 0.4) is 0 Å². The first-order valence-corrected chi connectivity index (χ1v) is 11.1. The third-order valence-electron chi connectivity index (χ3n) is 3.67. The summed E-state index contributed by atoms with van der Waals surface area (Å²) in [6, 6.07) is 7.33. The highest BCUT2D eigenvalue weighted by Gasteiger charge is 2.39. The molecule has 0 fully saturated rings. The summed E-state index contributed by atoms with van der Waals surface area (Å²) in [6.45, 7) is 8.81. The van der Waals surface area contributed by atoms with Crippen molar-refractivity contribution in [2.24, 2.45) is 0 Å². The van der Waals surface area contributed by atoms with Crippen LogP contribution in [0.15, 0.2) is 24.3 Å². The lowest BCUT2D eigenvalue weighted by Crippen LogP contribution is -2.45. The van der Waals surface area contributed by atoms with Gasteiger partial charge in [-0.25, -0.2) is 0 Å². The van der Waals surface area contributed by atoms with Crippen LogP contribution in [0.4, 0.5) is 0 Å². The lowest BCUT2D eigenvalue weighted by atomic mass is 10.1. The van der Waals surface area contributed by atoms with Gasteiger partial charge in [0.25, 0.3) is 0 Å². The van der Waals surface area contributed by atoms with E-state index in [1.54, 1.807) is 24.3 Å². The maximum Gasteiger partial charge on any atom is 0.500 e. The first kappa shape index (κ1) is 22.5. The Hall–Kier alpha value is -1.54. The van der Waals surface area contributed by atoms with E-state index in [9.17, 15) is 9.59 Å². The zero-order valence-electron chi connectivity index (χ0n) is 16.2. The minimum Gasteiger partial charge on any atom is -0.427 e. The Morgan fingerprint density at radius 1 is 0.885 bits per heavy atom. The average Bonchev–Trinajstić information content (AvgIpc) is 2.59. The quantitative estimate of drug-likeness (QED) is 0.169. The summed E-state index contributed by atoms with van der Waals surface area (Å²) in [6.07, 6.45) is 2.00. The van der Waals surface area contributed by atoms with Gasteiger partial charge in [0.2, 0.25) is 0 Å². The Morgan fingerprint density at radius 3 is 1.88 bits per heavy atom. The summed E-state index contributed by atoms with van der Waals surface area (Å²) < 4.78 is 22.4. The lowest BCUT2D eigenvalue weighted by molar-refractivity contribution is -0.131. The van der Waals surface area contributed by atoms with Gasteiger partial charge < -0.3 is 18.0 Å². The molecule has 0 amide bonds. The van der Waals surface area contributed by atoms with Gasteiger partial charge in [0.15, 0.2) is 5.78 Å². The van der Waals surface area contributed by atoms with Crippen molar-refractivity contribution in [3.63, 3.8) is 0 Å². The molecule has 0 spiro atoms. The molecule has 26 heavy (non-hydrogen) atoms. The third-order valence-corrected chi connectivity index (χ3v) is 6.82. The topological polar surface area (TPSA) is 71.1 Å². The number of rotatable bonds is 13. The average molecular weight is 383 g/mol. The standard InChI is InChI=1S/C19H30O6Si/c1-5-22-26(23-6-2,24-7-3)15-9-8-10-19(21)17-11-13-18(14-12-17)25-16(4)20/h11-14H,5-10,15H2,1-4H3. The molecule has 0 aliphatic rings. The monoisotopic (exact) mass is 382 g/mol. The van der Waals surface area contributed by atoms with Gasteiger partial charge in [-0.2, -0.15) is 0 Å². The molecular formula is C19H30O6Si. The number of ether oxygens (including phenoxy) is 1. The molecule has 0 bridgehead atoms. The van der Waals surface area contributed by atoms with Crippen LogP contribution in [0, 0.1) is 0 Å². The predicted molar refractivity (Wildman–Crippen MR) is 101 cm³/mol. The van der Waals surface area contributed by atoms with E-state index in [0.29, 0.717) is 43.6 Å². The van der Waals surface area contributed by atoms with E-state index in [0.717, 1.165) is 12.8 Å². The van der Waals surface area contributed by atoms with Crippen LogP contribution in [-0.4, -0.2) is 40.4 Å². The van der Waals surface area contributed by atoms with Crippen molar-refractivity contribution in [2.75, 3.05) is 19.8 Å². The fraction of sp³-hybridized carbons (Fsp3) is 0.579. The lowest BCUT2D eigenvalue weighted by Gasteiger charge is -2.28. The van der Waals surface area contributed by atoms with Crippen LogP contribution in [0.25, 0.3) is 0 Å². The molecule has 0 atom stereocenters. The maximum absolute atomic E-state index is 12.3. The first-order chi connectivity index (χ1) is 12.5. The van der Waals surface area contributed by atoms with Crippen molar-refractivity contribution in [3.8, 4) is 5.75 Å². The van der Waals surface area contributed by atoms with Gasteiger partial charge in [-0.1, -0.05) is 0 Å². The highest BCUT2D eigenvalue weighted by Crippen LogP contribution is 2.21. The largest absolute Gasteiger partial charge is 0.500 e. The van der Waals surface area contributed by atoms with Gasteiger partial charge in [0, 0.05) is 44.8 Å². The van der Waals surface area contributed by atoms with Crippen molar-refractivity contribution in [2.45, 2.75) is 53.0 Å². The molecular weight excluding hydrogens is 352 g/mol. The van der Waals surface area contributed by atoms with E-state index in [4.69, 9.17) is 18.0 Å². The van der Waals surface area contributed by atoms with Crippen molar-refractivity contribution in [1.29, 1.82) is 0 Å². The van der Waals surface area contributed by atoms with Gasteiger partial charge in [0.05, 0.1) is 0 Å². The van der Waals surface area contributed by atoms with E-state index < -0.39 is 8.80 Å². The normalized spacial score (nSPS) is 11.4. The number of carbonyl (C=O) groups excluding carboxylic acids is 2. The molecule has 0 aliphatic carbocycles. The van der Waals surface area contributed by atoms with Gasteiger partial charge >= 0.3 is 14.8 Å². The Labute approximate surface area is 157 Å². The van der Waals surface area contributed by atoms with Gasteiger partial charge in [-0.15, -0.1) is 0 Å². The number of unbranched alkanes of at least 4 members (excludes halogenated alkanes) is 1. The predicted octanol–water partition coefficient (Wildman–Crippen LogP) is 4.01. The molecule has 6 nitrogen and oxygen atoms in total. The molecule has 146 valence electrons. The maximum atomic E-state index is 12.3. The van der Waals surface area contributed by atoms with Gasteiger partial charge in [-0.3, -0.25) is 9.59 Å². The molecule has 0 radical (unpaired) electrons. The van der Waals surface area contributed by atoms with Crippen molar-refractivity contribution in [3.05, 3.63) is 29.8 Å². The van der Waals surface area contributed by atoms with Crippen LogP contribution in [0.5, 0.6) is 5.75 Å². The first-order valence-electron chi connectivity index (χ1n) is 9.19. The number of carbonyl (C=O) groups is 2. The Morgan fingerprint density at radius 2 is 1.42 bits per heavy atom. The highest BCUT2D eigenvalue weighted by atomic mass is 28.4. The third kappa shape index (κ3) is 7.78. The van der Waals surface area contributed by atoms with E-state index in [2.05, 4.69) is 0 Å². The number of hydrogen-bond acceptors (Lipinski definition) is 6. The molecule has 1 aromatic carbocycles. The van der Waals surface area contributed by atoms with Crippen LogP contribution in [0.2, 0.25) is 6.04 Å². The smallest absolute Gasteiger partial charge is 0.427 e. The molecule has 1 aromatic rings. The minimum absolute atomic E-state index is 0.0656. The molecule has 7 heteroatoms. The van der Waals surface area contributed by atoms with Crippen molar-refractivity contribution in [1.82, 2.24) is 0 Å². The van der Waals surface area contributed by atoms with Crippen LogP contribution >= 0.6 is 0 Å². The Bertz CT molecular complexity index is 541. The van der Waals surface area contributed by atoms with Crippen molar-refractivity contribution >= 4 is 20.6 Å². The number of esters is 1. The summed E-state index contributed by atoms with van der Waals surface area (Å²) >= 11 is 0. The minimum atomic E-state index is -2.63. The molecule has 0 saturated carbocycles. The summed E-state index contributed by atoms with van der Waals surface area (Å²) in [5.74, 6) is 0.125. The van der Waals surface area contributed by atoms with E-state index in [1.807, 2.05) is 20.8 Å². The zero-order chi connectivity index (χ0) is 19.4. The number of benzene rings is 1. The fourth-order valence-corrected chi connectivity index (χ4v) is 5.33. The second-order valence-electron chi connectivity index (χ2n) is 5.73. The molecule has 0 aromatic heterocycles. The summed E-state index contributed by atoms with van der Waals surface area (Å²) in [5.41, 5.74) is 0.615. The SMILES string of the molecule is CCO[Si](CCCCC(=O)c1ccc(OC(C)=O)cc1)(OCC)OCC. The number of ketones is 1.